The molecule has 1 atom stereocenters. The summed E-state index contributed by atoms with van der Waals surface area (Å²) < 4.78 is 16.2. The predicted octanol–water partition coefficient (Wildman–Crippen LogP) is 1.40. The number of hydrogen-bond acceptors (Lipinski definition) is 7. The normalized spacial score (nSPS) is 15.8. The van der Waals surface area contributed by atoms with Gasteiger partial charge in [0.25, 0.3) is 5.56 Å². The minimum atomic E-state index is -0.712. The average Bonchev–Trinajstić information content (AvgIpc) is 2.61. The molecule has 0 amide bonds. The van der Waals surface area contributed by atoms with Crippen molar-refractivity contribution in [2.24, 2.45) is 5.73 Å². The highest BCUT2D eigenvalue weighted by atomic mass is 16.5. The van der Waals surface area contributed by atoms with Crippen LogP contribution in [0.15, 0.2) is 40.8 Å². The van der Waals surface area contributed by atoms with Crippen LogP contribution in [0.4, 0.5) is 0 Å². The van der Waals surface area contributed by atoms with Crippen molar-refractivity contribution in [1.29, 1.82) is 5.26 Å². The van der Waals surface area contributed by atoms with Crippen molar-refractivity contribution in [3.05, 3.63) is 57.5 Å². The molecule has 8 heteroatoms. The van der Waals surface area contributed by atoms with Gasteiger partial charge in [-0.15, -0.1) is 0 Å². The second kappa shape index (κ2) is 6.57. The molecule has 1 aromatic carbocycles. The summed E-state index contributed by atoms with van der Waals surface area (Å²) in [5.74, 6) is 0.349. The number of benzene rings is 1. The van der Waals surface area contributed by atoms with E-state index in [1.54, 1.807) is 18.2 Å². The van der Waals surface area contributed by atoms with Crippen molar-refractivity contribution in [2.75, 3.05) is 13.7 Å². The lowest BCUT2D eigenvalue weighted by Crippen LogP contribution is -2.28. The van der Waals surface area contributed by atoms with Crippen LogP contribution in [-0.4, -0.2) is 23.7 Å². The molecule has 0 fully saturated rings. The summed E-state index contributed by atoms with van der Waals surface area (Å²) in [7, 11) is 1.54. The van der Waals surface area contributed by atoms with E-state index in [0.29, 0.717) is 23.7 Å². The monoisotopic (exact) mass is 340 g/mol. The van der Waals surface area contributed by atoms with Gasteiger partial charge in [0.15, 0.2) is 11.5 Å². The van der Waals surface area contributed by atoms with Gasteiger partial charge in [0.2, 0.25) is 11.8 Å². The van der Waals surface area contributed by atoms with Crippen molar-refractivity contribution in [2.45, 2.75) is 12.8 Å². The first-order valence-corrected chi connectivity index (χ1v) is 7.56. The van der Waals surface area contributed by atoms with Gasteiger partial charge in [0, 0.05) is 0 Å². The van der Waals surface area contributed by atoms with Gasteiger partial charge in [-0.3, -0.25) is 4.79 Å². The molecular weight excluding hydrogens is 324 g/mol. The number of hydrogen-bond donors (Lipinski definition) is 2. The van der Waals surface area contributed by atoms with Gasteiger partial charge in [-0.25, -0.2) is 4.98 Å². The van der Waals surface area contributed by atoms with Crippen LogP contribution in [-0.2, 0) is 0 Å². The number of ether oxygens (including phenoxy) is 3. The van der Waals surface area contributed by atoms with E-state index in [-0.39, 0.29) is 22.9 Å². The van der Waals surface area contributed by atoms with Crippen LogP contribution < -0.4 is 25.5 Å². The van der Waals surface area contributed by atoms with E-state index in [4.69, 9.17) is 19.9 Å². The van der Waals surface area contributed by atoms with E-state index in [0.717, 1.165) is 0 Å². The highest BCUT2D eigenvalue weighted by molar-refractivity contribution is 5.55. The lowest BCUT2D eigenvalue weighted by molar-refractivity contribution is 0.310. The Morgan fingerprint density at radius 1 is 1.44 bits per heavy atom. The maximum absolute atomic E-state index is 12.3. The molecule has 0 radical (unpaired) electrons. The standard InChI is InChI=1S/C17H16N4O4/c1-3-24-12-6-9(4-5-11(12)23-2)13-10(7-18)15(19)25-17-14(13)16(22)20-8-21-17/h4-6,8,13H,3,19H2,1-2H3,(H,20,21,22)/t13-/m0/s1. The van der Waals surface area contributed by atoms with Crippen LogP contribution in [0.1, 0.15) is 24.0 Å². The minimum Gasteiger partial charge on any atom is -0.493 e. The maximum Gasteiger partial charge on any atom is 0.258 e. The molecule has 0 spiro atoms. The Bertz CT molecular complexity index is 942. The van der Waals surface area contributed by atoms with Crippen LogP contribution in [0.25, 0.3) is 0 Å². The molecule has 1 aromatic heterocycles. The predicted molar refractivity (Wildman–Crippen MR) is 88.3 cm³/mol. The third-order valence-electron chi connectivity index (χ3n) is 3.84. The van der Waals surface area contributed by atoms with E-state index < -0.39 is 11.5 Å². The van der Waals surface area contributed by atoms with Crippen LogP contribution >= 0.6 is 0 Å². The fourth-order valence-electron chi connectivity index (χ4n) is 2.77. The molecule has 0 bridgehead atoms. The Balaban J connectivity index is 2.23. The van der Waals surface area contributed by atoms with Gasteiger partial charge >= 0.3 is 0 Å². The van der Waals surface area contributed by atoms with E-state index in [1.807, 2.05) is 13.0 Å². The number of methoxy groups -OCH3 is 1. The maximum atomic E-state index is 12.3. The van der Waals surface area contributed by atoms with E-state index >= 15 is 0 Å². The zero-order chi connectivity index (χ0) is 18.0. The number of nitriles is 1. The number of nitrogens with two attached hydrogens (primary N) is 1. The Hall–Kier alpha value is -3.47. The molecule has 2 heterocycles. The number of rotatable bonds is 4. The largest absolute Gasteiger partial charge is 0.493 e. The number of nitrogens with zero attached hydrogens (tertiary/aromatic N) is 2. The van der Waals surface area contributed by atoms with Gasteiger partial charge in [0.05, 0.1) is 31.5 Å². The average molecular weight is 340 g/mol. The van der Waals surface area contributed by atoms with E-state index in [1.165, 1.54) is 13.4 Å². The molecule has 3 N–H and O–H groups in total. The first-order valence-electron chi connectivity index (χ1n) is 7.56. The van der Waals surface area contributed by atoms with Crippen molar-refractivity contribution in [3.8, 4) is 23.4 Å². The Kier molecular flexibility index (Phi) is 4.31. The molecule has 1 aliphatic rings. The van der Waals surface area contributed by atoms with E-state index in [9.17, 15) is 10.1 Å². The molecular formula is C17H16N4O4. The van der Waals surface area contributed by atoms with Crippen LogP contribution in [0, 0.1) is 11.3 Å². The number of nitrogens with one attached hydrogen (secondary N) is 1. The number of allylic oxidation sites excluding steroid dienone is 1. The first-order chi connectivity index (χ1) is 12.1. The summed E-state index contributed by atoms with van der Waals surface area (Å²) in [6, 6.07) is 7.21. The Labute approximate surface area is 143 Å². The lowest BCUT2D eigenvalue weighted by Gasteiger charge is -2.25. The smallest absolute Gasteiger partial charge is 0.258 e. The molecule has 0 saturated heterocycles. The Morgan fingerprint density at radius 3 is 2.92 bits per heavy atom. The second-order valence-electron chi connectivity index (χ2n) is 5.22. The number of aromatic amines is 1. The molecule has 0 unspecified atom stereocenters. The fourth-order valence-corrected chi connectivity index (χ4v) is 2.77. The quantitative estimate of drug-likeness (QED) is 0.862. The summed E-state index contributed by atoms with van der Waals surface area (Å²) in [6.07, 6.45) is 1.22. The number of aromatic nitrogens is 2. The highest BCUT2D eigenvalue weighted by Gasteiger charge is 2.34. The first kappa shape index (κ1) is 16.4. The molecule has 8 nitrogen and oxygen atoms in total. The molecule has 3 rings (SSSR count). The minimum absolute atomic E-state index is 0.0770. The zero-order valence-corrected chi connectivity index (χ0v) is 13.7. The zero-order valence-electron chi connectivity index (χ0n) is 13.7. The van der Waals surface area contributed by atoms with Crippen LogP contribution in [0.2, 0.25) is 0 Å². The molecule has 2 aromatic rings. The van der Waals surface area contributed by atoms with Crippen molar-refractivity contribution >= 4 is 0 Å². The third-order valence-corrected chi connectivity index (χ3v) is 3.84. The fraction of sp³-hybridized carbons (Fsp3) is 0.235. The summed E-state index contributed by atoms with van der Waals surface area (Å²) in [4.78, 5) is 18.9. The number of fused-ring (bicyclic) bond motifs is 1. The molecule has 0 saturated carbocycles. The second-order valence-corrected chi connectivity index (χ2v) is 5.22. The van der Waals surface area contributed by atoms with Crippen molar-refractivity contribution in [3.63, 3.8) is 0 Å². The summed E-state index contributed by atoms with van der Waals surface area (Å²) in [6.45, 7) is 2.29. The van der Waals surface area contributed by atoms with Gasteiger partial charge in [-0.1, -0.05) is 6.07 Å². The Morgan fingerprint density at radius 2 is 2.24 bits per heavy atom. The molecule has 25 heavy (non-hydrogen) atoms. The van der Waals surface area contributed by atoms with Crippen LogP contribution in [0.5, 0.6) is 17.4 Å². The summed E-state index contributed by atoms with van der Waals surface area (Å²) in [5.41, 5.74) is 6.47. The molecule has 128 valence electrons. The SMILES string of the molecule is CCOc1cc([C@H]2C(C#N)=C(N)Oc3nc[nH]c(=O)c32)ccc1OC. The lowest BCUT2D eigenvalue weighted by atomic mass is 9.85. The van der Waals surface area contributed by atoms with Gasteiger partial charge < -0.3 is 24.9 Å². The topological polar surface area (TPSA) is 123 Å². The van der Waals surface area contributed by atoms with Gasteiger partial charge in [-0.05, 0) is 24.6 Å². The van der Waals surface area contributed by atoms with Crippen LogP contribution in [0.3, 0.4) is 0 Å². The van der Waals surface area contributed by atoms with E-state index in [2.05, 4.69) is 9.97 Å². The number of H-pyrrole nitrogens is 1. The summed E-state index contributed by atoms with van der Waals surface area (Å²) in [5, 5.41) is 9.53. The highest BCUT2D eigenvalue weighted by Crippen LogP contribution is 2.41. The van der Waals surface area contributed by atoms with Crippen molar-refractivity contribution < 1.29 is 14.2 Å². The van der Waals surface area contributed by atoms with Gasteiger partial charge in [0.1, 0.15) is 11.6 Å². The van der Waals surface area contributed by atoms with Crippen molar-refractivity contribution in [1.82, 2.24) is 9.97 Å². The van der Waals surface area contributed by atoms with Gasteiger partial charge in [-0.2, -0.15) is 5.26 Å². The molecule has 1 aliphatic heterocycles. The third kappa shape index (κ3) is 2.76. The summed E-state index contributed by atoms with van der Waals surface area (Å²) >= 11 is 0. The molecule has 0 aliphatic carbocycles.